The van der Waals surface area contributed by atoms with Gasteiger partial charge in [0, 0.05) is 24.3 Å². The van der Waals surface area contributed by atoms with E-state index in [0.717, 1.165) is 36.7 Å². The van der Waals surface area contributed by atoms with Crippen molar-refractivity contribution < 1.29 is 0 Å². The van der Waals surface area contributed by atoms with Gasteiger partial charge in [0.05, 0.1) is 0 Å². The Labute approximate surface area is 110 Å². The molecule has 0 saturated heterocycles. The van der Waals surface area contributed by atoms with Crippen molar-refractivity contribution in [3.63, 3.8) is 0 Å². The van der Waals surface area contributed by atoms with Gasteiger partial charge in [0.2, 0.25) is 0 Å². The van der Waals surface area contributed by atoms with Crippen LogP contribution in [-0.4, -0.2) is 22.6 Å². The summed E-state index contributed by atoms with van der Waals surface area (Å²) < 4.78 is 0. The fourth-order valence-electron chi connectivity index (χ4n) is 2.00. The summed E-state index contributed by atoms with van der Waals surface area (Å²) in [5.74, 6) is 1.69. The van der Waals surface area contributed by atoms with Crippen LogP contribution in [0, 0.1) is 12.3 Å². The Balaban J connectivity index is 2.55. The Morgan fingerprint density at radius 1 is 1.33 bits per heavy atom. The van der Waals surface area contributed by atoms with Gasteiger partial charge in [0.25, 0.3) is 0 Å². The summed E-state index contributed by atoms with van der Waals surface area (Å²) in [6.07, 6.45) is 1.91. The molecule has 18 heavy (non-hydrogen) atoms. The van der Waals surface area contributed by atoms with E-state index in [4.69, 9.17) is 5.73 Å². The average molecular weight is 250 g/mol. The summed E-state index contributed by atoms with van der Waals surface area (Å²) in [6.45, 7) is 11.4. The molecule has 0 aliphatic heterocycles. The van der Waals surface area contributed by atoms with Gasteiger partial charge in [-0.05, 0) is 25.2 Å². The Morgan fingerprint density at radius 2 is 2.00 bits per heavy atom. The SMILES string of the molecule is CCc1cc(NCC(N)CC(C)(C)C)nc(C)n1. The molecule has 0 fully saturated rings. The molecule has 0 radical (unpaired) electrons. The second-order valence-electron chi connectivity index (χ2n) is 6.05. The predicted molar refractivity (Wildman–Crippen MR) is 76.7 cm³/mol. The third kappa shape index (κ3) is 5.45. The van der Waals surface area contributed by atoms with Crippen molar-refractivity contribution in [1.82, 2.24) is 9.97 Å². The van der Waals surface area contributed by atoms with Crippen molar-refractivity contribution in [3.8, 4) is 0 Å². The van der Waals surface area contributed by atoms with Gasteiger partial charge in [-0.3, -0.25) is 0 Å². The van der Waals surface area contributed by atoms with Crippen molar-refractivity contribution >= 4 is 5.82 Å². The molecule has 0 spiro atoms. The van der Waals surface area contributed by atoms with Gasteiger partial charge in [0.15, 0.2) is 0 Å². The Hall–Kier alpha value is -1.16. The minimum atomic E-state index is 0.144. The lowest BCUT2D eigenvalue weighted by atomic mass is 9.88. The molecule has 1 atom stereocenters. The molecule has 4 nitrogen and oxygen atoms in total. The van der Waals surface area contributed by atoms with E-state index in [2.05, 4.69) is 43.0 Å². The third-order valence-electron chi connectivity index (χ3n) is 2.67. The highest BCUT2D eigenvalue weighted by molar-refractivity contribution is 5.36. The first-order chi connectivity index (χ1) is 8.30. The lowest BCUT2D eigenvalue weighted by molar-refractivity contribution is 0.344. The van der Waals surface area contributed by atoms with Crippen LogP contribution >= 0.6 is 0 Å². The zero-order chi connectivity index (χ0) is 13.8. The summed E-state index contributed by atoms with van der Waals surface area (Å²) in [5.41, 5.74) is 7.44. The smallest absolute Gasteiger partial charge is 0.129 e. The Morgan fingerprint density at radius 3 is 2.56 bits per heavy atom. The van der Waals surface area contributed by atoms with E-state index in [9.17, 15) is 0 Å². The molecule has 0 saturated carbocycles. The van der Waals surface area contributed by atoms with Crippen LogP contribution in [0.15, 0.2) is 6.07 Å². The van der Waals surface area contributed by atoms with E-state index >= 15 is 0 Å². The zero-order valence-electron chi connectivity index (χ0n) is 12.2. The summed E-state index contributed by atoms with van der Waals surface area (Å²) >= 11 is 0. The number of nitrogens with two attached hydrogens (primary N) is 1. The summed E-state index contributed by atoms with van der Waals surface area (Å²) in [5, 5.41) is 3.31. The lowest BCUT2D eigenvalue weighted by Crippen LogP contribution is -2.33. The summed E-state index contributed by atoms with van der Waals surface area (Å²) in [4.78, 5) is 8.73. The maximum Gasteiger partial charge on any atom is 0.129 e. The molecule has 1 rings (SSSR count). The number of rotatable bonds is 5. The summed E-state index contributed by atoms with van der Waals surface area (Å²) in [7, 11) is 0. The normalized spacial score (nSPS) is 13.4. The molecular formula is C14H26N4. The van der Waals surface area contributed by atoms with E-state index < -0.39 is 0 Å². The van der Waals surface area contributed by atoms with Crippen LogP contribution in [0.2, 0.25) is 0 Å². The second kappa shape index (κ2) is 6.14. The highest BCUT2D eigenvalue weighted by Gasteiger charge is 2.15. The van der Waals surface area contributed by atoms with Crippen LogP contribution in [0.4, 0.5) is 5.82 Å². The Kier molecular flexibility index (Phi) is 5.08. The third-order valence-corrected chi connectivity index (χ3v) is 2.67. The van der Waals surface area contributed by atoms with Gasteiger partial charge in [-0.2, -0.15) is 0 Å². The van der Waals surface area contributed by atoms with Crippen molar-refractivity contribution in [2.45, 2.75) is 53.5 Å². The van der Waals surface area contributed by atoms with Crippen LogP contribution in [0.1, 0.15) is 45.6 Å². The number of hydrogen-bond acceptors (Lipinski definition) is 4. The predicted octanol–water partition coefficient (Wildman–Crippen LogP) is 2.52. The molecule has 0 bridgehead atoms. The van der Waals surface area contributed by atoms with Gasteiger partial charge >= 0.3 is 0 Å². The second-order valence-corrected chi connectivity index (χ2v) is 6.05. The maximum atomic E-state index is 6.11. The fraction of sp³-hybridized carbons (Fsp3) is 0.714. The number of nitrogens with zero attached hydrogens (tertiary/aromatic N) is 2. The largest absolute Gasteiger partial charge is 0.368 e. The van der Waals surface area contributed by atoms with Gasteiger partial charge < -0.3 is 11.1 Å². The molecule has 0 amide bonds. The minimum Gasteiger partial charge on any atom is -0.368 e. The first kappa shape index (κ1) is 14.9. The average Bonchev–Trinajstić information content (AvgIpc) is 2.23. The van der Waals surface area contributed by atoms with E-state index in [1.54, 1.807) is 0 Å². The highest BCUT2D eigenvalue weighted by atomic mass is 15.0. The van der Waals surface area contributed by atoms with Gasteiger partial charge in [-0.25, -0.2) is 9.97 Å². The van der Waals surface area contributed by atoms with E-state index in [-0.39, 0.29) is 11.5 Å². The molecule has 1 aromatic rings. The topological polar surface area (TPSA) is 63.8 Å². The van der Waals surface area contributed by atoms with Crippen molar-refractivity contribution in [1.29, 1.82) is 0 Å². The molecule has 0 aliphatic rings. The van der Waals surface area contributed by atoms with Crippen LogP contribution in [0.25, 0.3) is 0 Å². The molecule has 4 heteroatoms. The first-order valence-electron chi connectivity index (χ1n) is 6.64. The minimum absolute atomic E-state index is 0.144. The number of anilines is 1. The lowest BCUT2D eigenvalue weighted by Gasteiger charge is -2.23. The van der Waals surface area contributed by atoms with Crippen molar-refractivity contribution in [2.75, 3.05) is 11.9 Å². The maximum absolute atomic E-state index is 6.11. The number of hydrogen-bond donors (Lipinski definition) is 2. The quantitative estimate of drug-likeness (QED) is 0.843. The molecule has 0 aliphatic carbocycles. The molecule has 102 valence electrons. The van der Waals surface area contributed by atoms with Crippen LogP contribution in [0.3, 0.4) is 0 Å². The molecule has 0 aromatic carbocycles. The van der Waals surface area contributed by atoms with Gasteiger partial charge in [-0.1, -0.05) is 27.7 Å². The van der Waals surface area contributed by atoms with E-state index in [0.29, 0.717) is 0 Å². The van der Waals surface area contributed by atoms with Crippen LogP contribution < -0.4 is 11.1 Å². The van der Waals surface area contributed by atoms with E-state index in [1.807, 2.05) is 13.0 Å². The summed E-state index contributed by atoms with van der Waals surface area (Å²) in [6, 6.07) is 2.14. The first-order valence-corrected chi connectivity index (χ1v) is 6.64. The zero-order valence-corrected chi connectivity index (χ0v) is 12.2. The van der Waals surface area contributed by atoms with Crippen LogP contribution in [0.5, 0.6) is 0 Å². The van der Waals surface area contributed by atoms with Crippen LogP contribution in [-0.2, 0) is 6.42 Å². The standard InChI is InChI=1S/C14H26N4/c1-6-12-7-13(18-10(2)17-12)16-9-11(15)8-14(3,4)5/h7,11H,6,8-9,15H2,1-5H3,(H,16,17,18). The molecule has 1 aromatic heterocycles. The highest BCUT2D eigenvalue weighted by Crippen LogP contribution is 2.20. The number of nitrogens with one attached hydrogen (secondary N) is 1. The molecule has 1 heterocycles. The molecule has 1 unspecified atom stereocenters. The van der Waals surface area contributed by atoms with E-state index in [1.165, 1.54) is 0 Å². The van der Waals surface area contributed by atoms with Gasteiger partial charge in [-0.15, -0.1) is 0 Å². The van der Waals surface area contributed by atoms with Crippen molar-refractivity contribution in [2.24, 2.45) is 11.1 Å². The Bertz CT molecular complexity index is 382. The molecular weight excluding hydrogens is 224 g/mol. The molecule has 3 N–H and O–H groups in total. The number of aromatic nitrogens is 2. The van der Waals surface area contributed by atoms with Gasteiger partial charge in [0.1, 0.15) is 11.6 Å². The number of aryl methyl sites for hydroxylation is 2. The van der Waals surface area contributed by atoms with Crippen molar-refractivity contribution in [3.05, 3.63) is 17.6 Å². The fourth-order valence-corrected chi connectivity index (χ4v) is 2.00. The monoisotopic (exact) mass is 250 g/mol.